The van der Waals surface area contributed by atoms with E-state index in [-0.39, 0.29) is 11.8 Å². The number of nitrogens with one attached hydrogen (secondary N) is 1. The summed E-state index contributed by atoms with van der Waals surface area (Å²) >= 11 is 6.41. The predicted octanol–water partition coefficient (Wildman–Crippen LogP) is 4.49. The highest BCUT2D eigenvalue weighted by atomic mass is 35.5. The summed E-state index contributed by atoms with van der Waals surface area (Å²) in [5.74, 6) is 0.725. The van der Waals surface area contributed by atoms with E-state index in [2.05, 4.69) is 20.4 Å². The van der Waals surface area contributed by atoms with Gasteiger partial charge in [0, 0.05) is 36.8 Å². The van der Waals surface area contributed by atoms with E-state index in [1.54, 1.807) is 6.07 Å². The molecule has 1 aliphatic rings. The third-order valence-electron chi connectivity index (χ3n) is 4.24. The van der Waals surface area contributed by atoms with Crippen LogP contribution < -0.4 is 10.2 Å². The number of carbonyl (C=O) groups is 1. The highest BCUT2D eigenvalue weighted by Crippen LogP contribution is 2.30. The average molecular weight is 375 g/mol. The van der Waals surface area contributed by atoms with Crippen LogP contribution in [-0.4, -0.2) is 29.2 Å². The van der Waals surface area contributed by atoms with Crippen molar-refractivity contribution >= 4 is 35.0 Å². The molecular formula is C19H23ClN4O2. The molecule has 1 N–H and O–H groups in total. The minimum Gasteiger partial charge on any atom is -0.421 e. The van der Waals surface area contributed by atoms with Crippen molar-refractivity contribution in [2.45, 2.75) is 39.0 Å². The number of piperidine rings is 1. The summed E-state index contributed by atoms with van der Waals surface area (Å²) in [7, 11) is 0. The molecule has 1 amide bonds. The molecule has 0 atom stereocenters. The molecule has 2 aromatic rings. The number of rotatable bonds is 5. The summed E-state index contributed by atoms with van der Waals surface area (Å²) < 4.78 is 5.43. The van der Waals surface area contributed by atoms with Crippen LogP contribution in [0, 0.1) is 0 Å². The summed E-state index contributed by atoms with van der Waals surface area (Å²) in [5.41, 5.74) is 1.67. The molecule has 7 heteroatoms. The summed E-state index contributed by atoms with van der Waals surface area (Å²) in [5, 5.41) is 11.2. The lowest BCUT2D eigenvalue weighted by atomic mass is 10.1. The average Bonchev–Trinajstić information content (AvgIpc) is 3.10. The van der Waals surface area contributed by atoms with Crippen molar-refractivity contribution < 1.29 is 9.21 Å². The summed E-state index contributed by atoms with van der Waals surface area (Å²) in [4.78, 5) is 14.4. The second-order valence-electron chi connectivity index (χ2n) is 6.67. The van der Waals surface area contributed by atoms with Crippen molar-refractivity contribution in [3.63, 3.8) is 0 Å². The fourth-order valence-corrected chi connectivity index (χ4v) is 3.15. The van der Waals surface area contributed by atoms with Crippen LogP contribution in [0.3, 0.4) is 0 Å². The maximum atomic E-state index is 12.1. The topological polar surface area (TPSA) is 71.3 Å². The zero-order valence-electron chi connectivity index (χ0n) is 15.0. The predicted molar refractivity (Wildman–Crippen MR) is 104 cm³/mol. The largest absolute Gasteiger partial charge is 0.421 e. The van der Waals surface area contributed by atoms with Gasteiger partial charge in [-0.3, -0.25) is 4.79 Å². The van der Waals surface area contributed by atoms with Gasteiger partial charge in [-0.2, -0.15) is 0 Å². The molecule has 0 spiro atoms. The van der Waals surface area contributed by atoms with E-state index in [9.17, 15) is 4.79 Å². The second kappa shape index (κ2) is 8.36. The second-order valence-corrected chi connectivity index (χ2v) is 7.08. The normalized spacial score (nSPS) is 15.0. The molecule has 1 saturated heterocycles. The number of anilines is 2. The van der Waals surface area contributed by atoms with Gasteiger partial charge in [0.15, 0.2) is 0 Å². The quantitative estimate of drug-likeness (QED) is 0.781. The van der Waals surface area contributed by atoms with Gasteiger partial charge in [0.2, 0.25) is 17.7 Å². The molecule has 138 valence electrons. The first kappa shape index (κ1) is 18.5. The minimum atomic E-state index is -0.281. The van der Waals surface area contributed by atoms with Crippen molar-refractivity contribution in [1.82, 2.24) is 10.2 Å². The molecule has 2 heterocycles. The third-order valence-corrected chi connectivity index (χ3v) is 4.54. The Labute approximate surface area is 158 Å². The van der Waals surface area contributed by atoms with Crippen LogP contribution in [0.25, 0.3) is 6.08 Å². The zero-order valence-corrected chi connectivity index (χ0v) is 15.8. The van der Waals surface area contributed by atoms with Gasteiger partial charge >= 0.3 is 0 Å². The van der Waals surface area contributed by atoms with E-state index < -0.39 is 0 Å². The van der Waals surface area contributed by atoms with Crippen molar-refractivity contribution in [1.29, 1.82) is 0 Å². The van der Waals surface area contributed by atoms with Crippen LogP contribution in [-0.2, 0) is 4.79 Å². The van der Waals surface area contributed by atoms with Crippen LogP contribution in [0.2, 0.25) is 5.02 Å². The zero-order chi connectivity index (χ0) is 18.5. The smallest absolute Gasteiger partial charge is 0.248 e. The Morgan fingerprint density at radius 3 is 2.69 bits per heavy atom. The number of hydrogen-bond acceptors (Lipinski definition) is 5. The van der Waals surface area contributed by atoms with Crippen molar-refractivity contribution in [3.05, 3.63) is 41.1 Å². The summed E-state index contributed by atoms with van der Waals surface area (Å²) in [6, 6.07) is 5.60. The maximum absolute atomic E-state index is 12.1. The van der Waals surface area contributed by atoms with Crippen LogP contribution in [0.4, 0.5) is 11.4 Å². The first-order chi connectivity index (χ1) is 12.5. The van der Waals surface area contributed by atoms with E-state index >= 15 is 0 Å². The number of carbonyl (C=O) groups excluding carboxylic acids is 1. The Kier molecular flexibility index (Phi) is 5.93. The first-order valence-electron chi connectivity index (χ1n) is 8.90. The Bertz CT molecular complexity index is 795. The lowest BCUT2D eigenvalue weighted by Gasteiger charge is -2.29. The van der Waals surface area contributed by atoms with Gasteiger partial charge in [-0.05, 0) is 37.5 Å². The summed E-state index contributed by atoms with van der Waals surface area (Å²) in [6.45, 7) is 5.98. The molecule has 0 saturated carbocycles. The minimum absolute atomic E-state index is 0.152. The van der Waals surface area contributed by atoms with Crippen LogP contribution in [0.15, 0.2) is 28.7 Å². The molecule has 1 aromatic carbocycles. The Balaban J connectivity index is 1.61. The van der Waals surface area contributed by atoms with Gasteiger partial charge in [-0.25, -0.2) is 0 Å². The van der Waals surface area contributed by atoms with E-state index in [0.717, 1.165) is 18.8 Å². The van der Waals surface area contributed by atoms with E-state index in [1.807, 2.05) is 26.0 Å². The monoisotopic (exact) mass is 374 g/mol. The number of benzene rings is 1. The molecule has 0 aliphatic carbocycles. The SMILES string of the molecule is CC(C)c1nnc(/C=C/C(=O)Nc2ccc(N3CCCCC3)c(Cl)c2)o1. The van der Waals surface area contributed by atoms with Crippen molar-refractivity contribution in [3.8, 4) is 0 Å². The Morgan fingerprint density at radius 1 is 1.27 bits per heavy atom. The molecule has 0 unspecified atom stereocenters. The van der Waals surface area contributed by atoms with Crippen LogP contribution in [0.5, 0.6) is 0 Å². The van der Waals surface area contributed by atoms with Crippen LogP contribution in [0.1, 0.15) is 50.8 Å². The van der Waals surface area contributed by atoms with Gasteiger partial charge in [-0.1, -0.05) is 25.4 Å². The fraction of sp³-hybridized carbons (Fsp3) is 0.421. The summed E-state index contributed by atoms with van der Waals surface area (Å²) in [6.07, 6.45) is 6.51. The molecule has 3 rings (SSSR count). The van der Waals surface area contributed by atoms with Gasteiger partial charge in [-0.15, -0.1) is 10.2 Å². The van der Waals surface area contributed by atoms with Crippen molar-refractivity contribution in [2.24, 2.45) is 0 Å². The highest BCUT2D eigenvalue weighted by molar-refractivity contribution is 6.33. The molecule has 1 aliphatic heterocycles. The molecule has 1 aromatic heterocycles. The third kappa shape index (κ3) is 4.64. The van der Waals surface area contributed by atoms with Gasteiger partial charge in [0.25, 0.3) is 0 Å². The van der Waals surface area contributed by atoms with Gasteiger partial charge < -0.3 is 14.6 Å². The number of aromatic nitrogens is 2. The van der Waals surface area contributed by atoms with Gasteiger partial charge in [0.05, 0.1) is 10.7 Å². The molecule has 26 heavy (non-hydrogen) atoms. The molecule has 0 bridgehead atoms. The number of halogens is 1. The molecule has 1 fully saturated rings. The number of hydrogen-bond donors (Lipinski definition) is 1. The van der Waals surface area contributed by atoms with E-state index in [4.69, 9.17) is 16.0 Å². The first-order valence-corrected chi connectivity index (χ1v) is 9.27. The molecular weight excluding hydrogens is 352 g/mol. The van der Waals surface area contributed by atoms with Gasteiger partial charge in [0.1, 0.15) is 0 Å². The Morgan fingerprint density at radius 2 is 2.04 bits per heavy atom. The van der Waals surface area contributed by atoms with E-state index in [0.29, 0.717) is 22.5 Å². The lowest BCUT2D eigenvalue weighted by molar-refractivity contribution is -0.111. The highest BCUT2D eigenvalue weighted by Gasteiger charge is 2.14. The lowest BCUT2D eigenvalue weighted by Crippen LogP contribution is -2.29. The Hall–Kier alpha value is -2.34. The number of amides is 1. The number of nitrogens with zero attached hydrogens (tertiary/aromatic N) is 3. The maximum Gasteiger partial charge on any atom is 0.248 e. The van der Waals surface area contributed by atoms with E-state index in [1.165, 1.54) is 31.4 Å². The van der Waals surface area contributed by atoms with Crippen molar-refractivity contribution in [2.75, 3.05) is 23.3 Å². The fourth-order valence-electron chi connectivity index (χ4n) is 2.85. The molecule has 0 radical (unpaired) electrons. The molecule has 6 nitrogen and oxygen atoms in total. The standard InChI is InChI=1S/C19H23ClN4O2/c1-13(2)19-23-22-18(26-19)9-8-17(25)21-14-6-7-16(15(20)12-14)24-10-4-3-5-11-24/h6-9,12-13H,3-5,10-11H2,1-2H3,(H,21,25)/b9-8+. The van der Waals surface area contributed by atoms with Crippen LogP contribution >= 0.6 is 11.6 Å².